The Kier molecular flexibility index (Phi) is 4.80. The molecule has 0 saturated heterocycles. The van der Waals surface area contributed by atoms with Gasteiger partial charge < -0.3 is 9.84 Å². The minimum atomic E-state index is -1.16. The molecule has 0 heterocycles. The average Bonchev–Trinajstić information content (AvgIpc) is 2.00. The summed E-state index contributed by atoms with van der Waals surface area (Å²) in [6.07, 6.45) is 1.46. The van der Waals surface area contributed by atoms with E-state index in [0.717, 1.165) is 12.2 Å². The molecule has 0 fully saturated rings. The molecule has 0 bridgehead atoms. The summed E-state index contributed by atoms with van der Waals surface area (Å²) in [4.78, 5) is 20.9. The number of carbonyl (C=O) groups is 2. The van der Waals surface area contributed by atoms with Crippen LogP contribution in [0.2, 0.25) is 0 Å². The fourth-order valence-electron chi connectivity index (χ4n) is 0.498. The average molecular weight is 186 g/mol. The SMILES string of the molecule is CC(C)C(C)OC(=O)/C=C/C(=O)O. The smallest absolute Gasteiger partial charge is 0.331 e. The van der Waals surface area contributed by atoms with Crippen molar-refractivity contribution in [3.63, 3.8) is 0 Å². The molecule has 0 spiro atoms. The van der Waals surface area contributed by atoms with Crippen LogP contribution in [0.1, 0.15) is 20.8 Å². The van der Waals surface area contributed by atoms with E-state index in [-0.39, 0.29) is 12.0 Å². The summed E-state index contributed by atoms with van der Waals surface area (Å²) in [5.74, 6) is -1.56. The van der Waals surface area contributed by atoms with Crippen molar-refractivity contribution in [3.05, 3.63) is 12.2 Å². The fraction of sp³-hybridized carbons (Fsp3) is 0.556. The first kappa shape index (κ1) is 11.7. The Bertz CT molecular complexity index is 218. The standard InChI is InChI=1S/C9H14O4/c1-6(2)7(3)13-9(12)5-4-8(10)11/h4-7H,1-3H3,(H,10,11)/b5-4+. The van der Waals surface area contributed by atoms with Crippen molar-refractivity contribution >= 4 is 11.9 Å². The Balaban J connectivity index is 3.95. The maximum absolute atomic E-state index is 10.9. The molecule has 1 N–H and O–H groups in total. The quantitative estimate of drug-likeness (QED) is 0.529. The van der Waals surface area contributed by atoms with Crippen LogP contribution in [0.15, 0.2) is 12.2 Å². The maximum Gasteiger partial charge on any atom is 0.331 e. The van der Waals surface area contributed by atoms with Gasteiger partial charge in [-0.15, -0.1) is 0 Å². The van der Waals surface area contributed by atoms with Gasteiger partial charge in [-0.2, -0.15) is 0 Å². The van der Waals surface area contributed by atoms with Gasteiger partial charge in [0.05, 0.1) is 0 Å². The summed E-state index contributed by atoms with van der Waals surface area (Å²) >= 11 is 0. The van der Waals surface area contributed by atoms with E-state index in [1.54, 1.807) is 6.92 Å². The van der Waals surface area contributed by atoms with Crippen LogP contribution in [0.3, 0.4) is 0 Å². The van der Waals surface area contributed by atoms with Crippen LogP contribution in [0.4, 0.5) is 0 Å². The number of aliphatic carboxylic acids is 1. The highest BCUT2D eigenvalue weighted by molar-refractivity contribution is 5.90. The van der Waals surface area contributed by atoms with Gasteiger partial charge in [0.2, 0.25) is 0 Å². The minimum Gasteiger partial charge on any atom is -0.478 e. The molecule has 4 nitrogen and oxygen atoms in total. The van der Waals surface area contributed by atoms with Gasteiger partial charge in [-0.25, -0.2) is 9.59 Å². The summed E-state index contributed by atoms with van der Waals surface area (Å²) < 4.78 is 4.87. The highest BCUT2D eigenvalue weighted by Gasteiger charge is 2.10. The van der Waals surface area contributed by atoms with Gasteiger partial charge in [0.25, 0.3) is 0 Å². The summed E-state index contributed by atoms with van der Waals surface area (Å²) in [6.45, 7) is 5.59. The minimum absolute atomic E-state index is 0.203. The molecule has 74 valence electrons. The first-order valence-corrected chi connectivity index (χ1v) is 4.05. The number of carboxylic acids is 1. The normalized spacial score (nSPS) is 13.2. The number of esters is 1. The fourth-order valence-corrected chi connectivity index (χ4v) is 0.498. The summed E-state index contributed by atoms with van der Waals surface area (Å²) in [5, 5.41) is 8.21. The number of ether oxygens (including phenoxy) is 1. The first-order chi connectivity index (χ1) is 5.93. The molecular weight excluding hydrogens is 172 g/mol. The Morgan fingerprint density at radius 1 is 1.23 bits per heavy atom. The number of rotatable bonds is 4. The van der Waals surface area contributed by atoms with Crippen LogP contribution in [0.25, 0.3) is 0 Å². The van der Waals surface area contributed by atoms with Crippen molar-refractivity contribution in [2.75, 3.05) is 0 Å². The maximum atomic E-state index is 10.9. The number of carbonyl (C=O) groups excluding carboxylic acids is 1. The Labute approximate surface area is 77.2 Å². The molecule has 0 aliphatic rings. The molecule has 0 aliphatic heterocycles. The van der Waals surface area contributed by atoms with Gasteiger partial charge in [-0.05, 0) is 12.8 Å². The first-order valence-electron chi connectivity index (χ1n) is 4.05. The summed E-state index contributed by atoms with van der Waals surface area (Å²) in [7, 11) is 0. The topological polar surface area (TPSA) is 63.6 Å². The number of carboxylic acid groups (broad SMARTS) is 1. The largest absolute Gasteiger partial charge is 0.478 e. The third-order valence-corrected chi connectivity index (χ3v) is 1.60. The molecule has 13 heavy (non-hydrogen) atoms. The predicted octanol–water partition coefficient (Wildman–Crippen LogP) is 1.21. The molecule has 1 atom stereocenters. The van der Waals surface area contributed by atoms with Gasteiger partial charge in [0.1, 0.15) is 6.10 Å². The molecule has 0 aliphatic carbocycles. The van der Waals surface area contributed by atoms with Crippen molar-refractivity contribution < 1.29 is 19.4 Å². The molecule has 4 heteroatoms. The Hall–Kier alpha value is -1.32. The second-order valence-corrected chi connectivity index (χ2v) is 3.06. The Morgan fingerprint density at radius 2 is 1.77 bits per heavy atom. The van der Waals surface area contributed by atoms with Crippen molar-refractivity contribution in [1.29, 1.82) is 0 Å². The van der Waals surface area contributed by atoms with Crippen LogP contribution in [0, 0.1) is 5.92 Å². The van der Waals surface area contributed by atoms with E-state index in [4.69, 9.17) is 9.84 Å². The molecule has 0 amide bonds. The van der Waals surface area contributed by atoms with Gasteiger partial charge >= 0.3 is 11.9 Å². The van der Waals surface area contributed by atoms with E-state index in [0.29, 0.717) is 0 Å². The summed E-state index contributed by atoms with van der Waals surface area (Å²) in [6, 6.07) is 0. The third-order valence-electron chi connectivity index (χ3n) is 1.60. The van der Waals surface area contributed by atoms with E-state index >= 15 is 0 Å². The zero-order valence-corrected chi connectivity index (χ0v) is 7.98. The molecule has 0 saturated carbocycles. The lowest BCUT2D eigenvalue weighted by molar-refractivity contribution is -0.144. The lowest BCUT2D eigenvalue weighted by atomic mass is 10.1. The second-order valence-electron chi connectivity index (χ2n) is 3.06. The molecule has 0 rings (SSSR count). The van der Waals surface area contributed by atoms with E-state index < -0.39 is 11.9 Å². The van der Waals surface area contributed by atoms with Gasteiger partial charge in [-0.3, -0.25) is 0 Å². The zero-order chi connectivity index (χ0) is 10.4. The second kappa shape index (κ2) is 5.35. The van der Waals surface area contributed by atoms with Crippen molar-refractivity contribution in [1.82, 2.24) is 0 Å². The van der Waals surface area contributed by atoms with Crippen LogP contribution in [-0.4, -0.2) is 23.1 Å². The van der Waals surface area contributed by atoms with Crippen molar-refractivity contribution in [2.45, 2.75) is 26.9 Å². The van der Waals surface area contributed by atoms with Gasteiger partial charge in [0, 0.05) is 12.2 Å². The van der Waals surface area contributed by atoms with Crippen LogP contribution in [0.5, 0.6) is 0 Å². The van der Waals surface area contributed by atoms with E-state index in [1.807, 2.05) is 13.8 Å². The van der Waals surface area contributed by atoms with Gasteiger partial charge in [0.15, 0.2) is 0 Å². The molecular formula is C9H14O4. The predicted molar refractivity (Wildman–Crippen MR) is 47.2 cm³/mol. The van der Waals surface area contributed by atoms with Crippen molar-refractivity contribution in [3.8, 4) is 0 Å². The zero-order valence-electron chi connectivity index (χ0n) is 7.98. The third kappa shape index (κ3) is 5.90. The monoisotopic (exact) mass is 186 g/mol. The Morgan fingerprint density at radius 3 is 2.15 bits per heavy atom. The highest BCUT2D eigenvalue weighted by Crippen LogP contribution is 2.05. The van der Waals surface area contributed by atoms with Gasteiger partial charge in [-0.1, -0.05) is 13.8 Å². The highest BCUT2D eigenvalue weighted by atomic mass is 16.5. The van der Waals surface area contributed by atoms with Crippen molar-refractivity contribution in [2.24, 2.45) is 5.92 Å². The molecule has 0 aromatic carbocycles. The molecule has 1 unspecified atom stereocenters. The molecule has 0 aromatic rings. The van der Waals surface area contributed by atoms with E-state index in [9.17, 15) is 9.59 Å². The summed E-state index contributed by atoms with van der Waals surface area (Å²) in [5.41, 5.74) is 0. The van der Waals surface area contributed by atoms with Crippen LogP contribution < -0.4 is 0 Å². The van der Waals surface area contributed by atoms with Crippen LogP contribution in [-0.2, 0) is 14.3 Å². The molecule has 0 aromatic heterocycles. The number of hydrogen-bond donors (Lipinski definition) is 1. The number of hydrogen-bond acceptors (Lipinski definition) is 3. The molecule has 0 radical (unpaired) electrons. The lowest BCUT2D eigenvalue weighted by Crippen LogP contribution is -2.18. The lowest BCUT2D eigenvalue weighted by Gasteiger charge is -2.14. The van der Waals surface area contributed by atoms with E-state index in [2.05, 4.69) is 0 Å². The van der Waals surface area contributed by atoms with Crippen LogP contribution >= 0.6 is 0 Å². The van der Waals surface area contributed by atoms with E-state index in [1.165, 1.54) is 0 Å².